The molecule has 0 aliphatic carbocycles. The first-order chi connectivity index (χ1) is 27.4. The van der Waals surface area contributed by atoms with Crippen LogP contribution in [0.3, 0.4) is 0 Å². The van der Waals surface area contributed by atoms with E-state index in [0.717, 1.165) is 30.8 Å². The van der Waals surface area contributed by atoms with Crippen LogP contribution in [0.1, 0.15) is 44.6 Å². The lowest BCUT2D eigenvalue weighted by Crippen LogP contribution is -2.62. The molecule has 0 spiro atoms. The number of nitrogens with zero attached hydrogens (tertiary/aromatic N) is 2. The molecule has 1 aromatic rings. The number of nitrogens with two attached hydrogens (primary N) is 1. The maximum Gasteiger partial charge on any atom is 0.326 e. The zero-order valence-electron chi connectivity index (χ0n) is 33.0. The molecule has 6 amide bonds. The highest BCUT2D eigenvalue weighted by molar-refractivity contribution is 5.97. The van der Waals surface area contributed by atoms with Gasteiger partial charge in [-0.1, -0.05) is 30.3 Å². The molecule has 0 bridgehead atoms. The summed E-state index contributed by atoms with van der Waals surface area (Å²) in [6.07, 6.45) is -2.17. The predicted octanol–water partition coefficient (Wildman–Crippen LogP) is -5.15. The highest BCUT2D eigenvalue weighted by Crippen LogP contribution is 2.12. The van der Waals surface area contributed by atoms with E-state index in [1.165, 1.54) is 7.05 Å². The van der Waals surface area contributed by atoms with Crippen molar-refractivity contribution < 1.29 is 69.0 Å². The lowest BCUT2D eigenvalue weighted by Gasteiger charge is -2.34. The summed E-state index contributed by atoms with van der Waals surface area (Å²) in [6, 6.07) is -2.32. The minimum atomic E-state index is -1.79. The molecular formula is C36H58N8O14. The molecule has 0 fully saturated rings. The van der Waals surface area contributed by atoms with Gasteiger partial charge in [-0.3, -0.25) is 33.6 Å². The van der Waals surface area contributed by atoms with Gasteiger partial charge in [0, 0.05) is 26.9 Å². The molecule has 8 atom stereocenters. The fourth-order valence-corrected chi connectivity index (χ4v) is 5.78. The van der Waals surface area contributed by atoms with Gasteiger partial charge in [0.2, 0.25) is 35.4 Å². The Morgan fingerprint density at radius 2 is 1.19 bits per heavy atom. The molecule has 0 radical (unpaired) electrons. The van der Waals surface area contributed by atoms with Crippen LogP contribution in [0.2, 0.25) is 0 Å². The van der Waals surface area contributed by atoms with Crippen molar-refractivity contribution in [2.75, 3.05) is 47.5 Å². The summed E-state index contributed by atoms with van der Waals surface area (Å²) in [7, 11) is 3.58. The maximum atomic E-state index is 13.8. The van der Waals surface area contributed by atoms with E-state index in [-0.39, 0.29) is 25.8 Å². The van der Waals surface area contributed by atoms with Crippen LogP contribution in [0.4, 0.5) is 0 Å². The number of hydrogen-bond donors (Lipinski definition) is 12. The summed E-state index contributed by atoms with van der Waals surface area (Å²) in [5, 5.41) is 71.0. The Kier molecular flexibility index (Phi) is 22.7. The number of rotatable bonds is 27. The van der Waals surface area contributed by atoms with E-state index in [4.69, 9.17) is 5.73 Å². The van der Waals surface area contributed by atoms with Crippen LogP contribution in [-0.4, -0.2) is 184 Å². The van der Waals surface area contributed by atoms with E-state index >= 15 is 0 Å². The highest BCUT2D eigenvalue weighted by atomic mass is 16.4. The summed E-state index contributed by atoms with van der Waals surface area (Å²) < 4.78 is 0. The van der Waals surface area contributed by atoms with Crippen molar-refractivity contribution in [2.24, 2.45) is 5.73 Å². The van der Waals surface area contributed by atoms with Crippen molar-refractivity contribution in [3.63, 3.8) is 0 Å². The number of amides is 6. The van der Waals surface area contributed by atoms with E-state index in [2.05, 4.69) is 26.6 Å². The number of benzene rings is 1. The molecule has 1 rings (SSSR count). The number of nitrogens with one attached hydrogen (secondary N) is 5. The Balaban J connectivity index is 3.26. The monoisotopic (exact) mass is 826 g/mol. The van der Waals surface area contributed by atoms with Gasteiger partial charge in [0.05, 0.1) is 25.9 Å². The second-order valence-corrected chi connectivity index (χ2v) is 13.5. The molecule has 0 saturated carbocycles. The van der Waals surface area contributed by atoms with Crippen molar-refractivity contribution in [2.45, 2.75) is 93.8 Å². The molecule has 58 heavy (non-hydrogen) atoms. The number of unbranched alkanes of at least 4 members (excludes halogenated alkanes) is 1. The average molecular weight is 827 g/mol. The van der Waals surface area contributed by atoms with Crippen LogP contribution in [-0.2, 0) is 44.8 Å². The fourth-order valence-electron chi connectivity index (χ4n) is 5.78. The first-order valence-corrected chi connectivity index (χ1v) is 18.5. The molecule has 0 aromatic heterocycles. The van der Waals surface area contributed by atoms with Gasteiger partial charge in [0.25, 0.3) is 0 Å². The summed E-state index contributed by atoms with van der Waals surface area (Å²) in [5.41, 5.74) is 6.20. The lowest BCUT2D eigenvalue weighted by atomic mass is 10.0. The Morgan fingerprint density at radius 3 is 1.67 bits per heavy atom. The first-order valence-electron chi connectivity index (χ1n) is 18.5. The summed E-state index contributed by atoms with van der Waals surface area (Å²) >= 11 is 0. The molecule has 0 aliphatic heterocycles. The number of aliphatic hydroxyl groups excluding tert-OH is 4. The standard InChI is InChI=1S/C36H58N8O14/c1-20(48)29(44(4)35(56)23(13-14-28(49)50)40-30(51)25(17-45)38-2)33(54)42-26(18-46)31(52)39-22(12-8-9-15-37)34(55)43(3)27(19-47)32(53)41-24(36(57)58)16-21-10-6-5-7-11-21/h5-7,10-11,20,22-27,29,38,45-48H,8-9,12-19,37H2,1-4H3,(H,39,52)(H,40,51)(H,41,53)(H,42,54)(H,49,50)(H,57,58)/t20?,22-,23-,24-,25-,26-,27-,29-/m0/s1. The van der Waals surface area contributed by atoms with Gasteiger partial charge in [-0.05, 0) is 51.8 Å². The van der Waals surface area contributed by atoms with Crippen LogP contribution in [0.15, 0.2) is 30.3 Å². The van der Waals surface area contributed by atoms with Gasteiger partial charge in [-0.2, -0.15) is 0 Å². The molecular weight excluding hydrogens is 768 g/mol. The van der Waals surface area contributed by atoms with Gasteiger partial charge >= 0.3 is 11.9 Å². The van der Waals surface area contributed by atoms with Crippen LogP contribution >= 0.6 is 0 Å². The van der Waals surface area contributed by atoms with E-state index in [9.17, 15) is 69.0 Å². The normalized spacial score (nSPS) is 15.2. The third kappa shape index (κ3) is 15.9. The van der Waals surface area contributed by atoms with Crippen molar-refractivity contribution in [3.8, 4) is 0 Å². The SMILES string of the molecule is CN[C@@H](CO)C(=O)N[C@@H](CCC(=O)O)C(=O)N(C)[C@H](C(=O)N[C@@H](CO)C(=O)N[C@@H](CCCCN)C(=O)N(C)[C@@H](CO)C(=O)N[C@@H](Cc1ccccc1)C(=O)O)C(C)O. The van der Waals surface area contributed by atoms with Gasteiger partial charge in [-0.15, -0.1) is 0 Å². The Labute approximate surface area is 335 Å². The Morgan fingerprint density at radius 1 is 0.672 bits per heavy atom. The fraction of sp³-hybridized carbons (Fsp3) is 0.611. The van der Waals surface area contributed by atoms with Gasteiger partial charge < -0.3 is 72.8 Å². The lowest BCUT2D eigenvalue weighted by molar-refractivity contribution is -0.147. The molecule has 0 heterocycles. The van der Waals surface area contributed by atoms with Crippen LogP contribution < -0.4 is 32.3 Å². The number of aliphatic carboxylic acids is 2. The third-order valence-electron chi connectivity index (χ3n) is 9.16. The third-order valence-corrected chi connectivity index (χ3v) is 9.16. The molecule has 326 valence electrons. The zero-order valence-corrected chi connectivity index (χ0v) is 33.0. The number of hydrogen-bond acceptors (Lipinski definition) is 14. The highest BCUT2D eigenvalue weighted by Gasteiger charge is 2.39. The van der Waals surface area contributed by atoms with Crippen LogP contribution in [0.25, 0.3) is 0 Å². The van der Waals surface area contributed by atoms with Crippen molar-refractivity contribution in [1.82, 2.24) is 36.4 Å². The van der Waals surface area contributed by atoms with E-state index in [1.54, 1.807) is 30.3 Å². The number of carboxylic acid groups (broad SMARTS) is 2. The number of carboxylic acids is 2. The van der Waals surface area contributed by atoms with Crippen molar-refractivity contribution >= 4 is 47.4 Å². The molecule has 0 aliphatic rings. The average Bonchev–Trinajstić information content (AvgIpc) is 3.18. The van der Waals surface area contributed by atoms with Crippen LogP contribution in [0, 0.1) is 0 Å². The Hall–Kier alpha value is -5.26. The minimum Gasteiger partial charge on any atom is -0.481 e. The molecule has 0 saturated heterocycles. The smallest absolute Gasteiger partial charge is 0.326 e. The molecule has 22 heteroatoms. The van der Waals surface area contributed by atoms with E-state index in [0.29, 0.717) is 12.0 Å². The topological polar surface area (TPSA) is 351 Å². The van der Waals surface area contributed by atoms with E-state index < -0.39 is 128 Å². The van der Waals surface area contributed by atoms with Gasteiger partial charge in [0.15, 0.2) is 0 Å². The second kappa shape index (κ2) is 25.9. The van der Waals surface area contributed by atoms with E-state index in [1.807, 2.05) is 0 Å². The zero-order chi connectivity index (χ0) is 44.1. The number of likely N-dealkylation sites (N-methyl/N-ethyl adjacent to an activating group) is 3. The minimum absolute atomic E-state index is 0.0641. The quantitative estimate of drug-likeness (QED) is 0.0369. The second-order valence-electron chi connectivity index (χ2n) is 13.5. The largest absolute Gasteiger partial charge is 0.481 e. The van der Waals surface area contributed by atoms with Crippen molar-refractivity contribution in [1.29, 1.82) is 0 Å². The molecule has 22 nitrogen and oxygen atoms in total. The molecule has 13 N–H and O–H groups in total. The van der Waals surface area contributed by atoms with Gasteiger partial charge in [-0.25, -0.2) is 4.79 Å². The molecule has 1 aromatic carbocycles. The predicted molar refractivity (Wildman–Crippen MR) is 204 cm³/mol. The first kappa shape index (κ1) is 50.8. The number of aliphatic hydroxyl groups is 4. The van der Waals surface area contributed by atoms with Crippen molar-refractivity contribution in [3.05, 3.63) is 35.9 Å². The maximum absolute atomic E-state index is 13.8. The molecule has 1 unspecified atom stereocenters. The Bertz CT molecular complexity index is 1530. The summed E-state index contributed by atoms with van der Waals surface area (Å²) in [4.78, 5) is 105. The van der Waals surface area contributed by atoms with Crippen LogP contribution in [0.5, 0.6) is 0 Å². The van der Waals surface area contributed by atoms with Gasteiger partial charge in [0.1, 0.15) is 42.3 Å². The number of carbonyl (C=O) groups is 8. The summed E-state index contributed by atoms with van der Waals surface area (Å²) in [6.45, 7) is -1.31. The summed E-state index contributed by atoms with van der Waals surface area (Å²) in [5.74, 6) is -8.74. The number of carbonyl (C=O) groups excluding carboxylic acids is 6.